The monoisotopic (exact) mass is 371 g/mol. The highest BCUT2D eigenvalue weighted by Gasteiger charge is 2.22. The maximum atomic E-state index is 11.9. The summed E-state index contributed by atoms with van der Waals surface area (Å²) in [5.41, 5.74) is 2.34. The summed E-state index contributed by atoms with van der Waals surface area (Å²) in [6.45, 7) is 7.02. The number of aromatic nitrogens is 2. The highest BCUT2D eigenvalue weighted by Crippen LogP contribution is 2.19. The van der Waals surface area contributed by atoms with Crippen LogP contribution in [0.25, 0.3) is 11.0 Å². The summed E-state index contributed by atoms with van der Waals surface area (Å²) in [6.07, 6.45) is 7.00. The standard InChI is InChI=1S/C22H33N3O2/c1-17(2)13-15-25-19-10-6-5-9-18(19)24-21(25)12-4-3-7-14-23-22(26)20-11-8-16-27-20/h5-6,9-10,17,20H,3-4,7-8,11-16H2,1-2H3,(H,23,26). The van der Waals surface area contributed by atoms with Gasteiger partial charge in [0.25, 0.3) is 0 Å². The first-order chi connectivity index (χ1) is 13.1. The van der Waals surface area contributed by atoms with Gasteiger partial charge in [-0.1, -0.05) is 32.4 Å². The zero-order valence-corrected chi connectivity index (χ0v) is 16.7. The predicted octanol–water partition coefficient (Wildman–Crippen LogP) is 4.09. The lowest BCUT2D eigenvalue weighted by Crippen LogP contribution is -2.34. The smallest absolute Gasteiger partial charge is 0.249 e. The van der Waals surface area contributed by atoms with Gasteiger partial charge in [-0.3, -0.25) is 4.79 Å². The van der Waals surface area contributed by atoms with Gasteiger partial charge in [-0.25, -0.2) is 4.98 Å². The second kappa shape index (κ2) is 9.88. The van der Waals surface area contributed by atoms with Crippen molar-refractivity contribution in [2.75, 3.05) is 13.2 Å². The van der Waals surface area contributed by atoms with Crippen LogP contribution in [-0.4, -0.2) is 34.7 Å². The molecule has 1 aromatic carbocycles. The molecule has 5 heteroatoms. The van der Waals surface area contributed by atoms with E-state index in [-0.39, 0.29) is 12.0 Å². The highest BCUT2D eigenvalue weighted by molar-refractivity contribution is 5.80. The lowest BCUT2D eigenvalue weighted by atomic mass is 10.1. The van der Waals surface area contributed by atoms with Gasteiger partial charge >= 0.3 is 0 Å². The number of para-hydroxylation sites is 2. The first kappa shape index (κ1) is 19.9. The summed E-state index contributed by atoms with van der Waals surface area (Å²) >= 11 is 0. The molecule has 1 atom stereocenters. The van der Waals surface area contributed by atoms with Gasteiger partial charge in [0, 0.05) is 26.1 Å². The summed E-state index contributed by atoms with van der Waals surface area (Å²) in [5, 5.41) is 3.00. The predicted molar refractivity (Wildman–Crippen MR) is 109 cm³/mol. The van der Waals surface area contributed by atoms with Crippen LogP contribution in [0.4, 0.5) is 0 Å². The molecule has 1 saturated heterocycles. The van der Waals surface area contributed by atoms with Crippen molar-refractivity contribution in [3.8, 4) is 0 Å². The van der Waals surface area contributed by atoms with Crippen molar-refractivity contribution < 1.29 is 9.53 Å². The summed E-state index contributed by atoms with van der Waals surface area (Å²) in [5.74, 6) is 1.94. The SMILES string of the molecule is CC(C)CCn1c(CCCCCNC(=O)C2CCCO2)nc2ccccc21. The first-order valence-electron chi connectivity index (χ1n) is 10.5. The number of aryl methyl sites for hydroxylation is 2. The fourth-order valence-electron chi connectivity index (χ4n) is 3.65. The second-order valence-corrected chi connectivity index (χ2v) is 7.95. The Labute approximate surface area is 162 Å². The minimum Gasteiger partial charge on any atom is -0.368 e. The number of carbonyl (C=O) groups excluding carboxylic acids is 1. The van der Waals surface area contributed by atoms with E-state index in [1.54, 1.807) is 0 Å². The Balaban J connectivity index is 1.45. The molecule has 0 spiro atoms. The summed E-state index contributed by atoms with van der Waals surface area (Å²) in [4.78, 5) is 16.8. The third kappa shape index (κ3) is 5.55. The number of rotatable bonds is 10. The molecule has 1 amide bonds. The van der Waals surface area contributed by atoms with Crippen molar-refractivity contribution in [1.29, 1.82) is 0 Å². The molecule has 148 valence electrons. The summed E-state index contributed by atoms with van der Waals surface area (Å²) < 4.78 is 7.81. The number of benzene rings is 1. The van der Waals surface area contributed by atoms with Gasteiger partial charge in [-0.15, -0.1) is 0 Å². The van der Waals surface area contributed by atoms with Gasteiger partial charge in [0.2, 0.25) is 5.91 Å². The molecule has 3 rings (SSSR count). The van der Waals surface area contributed by atoms with Crippen LogP contribution in [0, 0.1) is 5.92 Å². The van der Waals surface area contributed by atoms with Crippen molar-refractivity contribution in [2.24, 2.45) is 5.92 Å². The molecule has 2 aromatic rings. The lowest BCUT2D eigenvalue weighted by molar-refractivity contribution is -0.130. The minimum absolute atomic E-state index is 0.0583. The Hall–Kier alpha value is -1.88. The topological polar surface area (TPSA) is 56.2 Å². The van der Waals surface area contributed by atoms with Gasteiger partial charge in [-0.05, 0) is 50.2 Å². The Bertz CT molecular complexity index is 732. The van der Waals surface area contributed by atoms with Gasteiger partial charge in [0.05, 0.1) is 11.0 Å². The van der Waals surface area contributed by atoms with E-state index in [0.717, 1.165) is 63.7 Å². The number of hydrogen-bond acceptors (Lipinski definition) is 3. The van der Waals surface area contributed by atoms with Crippen LogP contribution in [0.2, 0.25) is 0 Å². The average Bonchev–Trinajstić information content (AvgIpc) is 3.30. The van der Waals surface area contributed by atoms with E-state index in [1.165, 1.54) is 17.8 Å². The van der Waals surface area contributed by atoms with E-state index in [0.29, 0.717) is 5.92 Å². The van der Waals surface area contributed by atoms with Gasteiger partial charge in [0.1, 0.15) is 11.9 Å². The maximum Gasteiger partial charge on any atom is 0.249 e. The van der Waals surface area contributed by atoms with Crippen LogP contribution in [0.3, 0.4) is 0 Å². The number of nitrogens with one attached hydrogen (secondary N) is 1. The van der Waals surface area contributed by atoms with Crippen LogP contribution in [0.5, 0.6) is 0 Å². The van der Waals surface area contributed by atoms with Crippen LogP contribution in [-0.2, 0) is 22.5 Å². The number of carbonyl (C=O) groups is 1. The quantitative estimate of drug-likeness (QED) is 0.640. The van der Waals surface area contributed by atoms with Crippen LogP contribution >= 0.6 is 0 Å². The summed E-state index contributed by atoms with van der Waals surface area (Å²) in [6, 6.07) is 8.43. The number of nitrogens with zero attached hydrogens (tertiary/aromatic N) is 2. The number of unbranched alkanes of at least 4 members (excludes halogenated alkanes) is 2. The van der Waals surface area contributed by atoms with E-state index >= 15 is 0 Å². The molecule has 1 fully saturated rings. The third-order valence-electron chi connectivity index (χ3n) is 5.26. The van der Waals surface area contributed by atoms with Crippen molar-refractivity contribution in [2.45, 2.75) is 71.4 Å². The van der Waals surface area contributed by atoms with Crippen LogP contribution in [0.15, 0.2) is 24.3 Å². The molecular formula is C22H33N3O2. The van der Waals surface area contributed by atoms with Gasteiger partial charge in [0.15, 0.2) is 0 Å². The molecule has 1 unspecified atom stereocenters. The van der Waals surface area contributed by atoms with Crippen molar-refractivity contribution in [3.63, 3.8) is 0 Å². The van der Waals surface area contributed by atoms with E-state index in [1.807, 2.05) is 0 Å². The Morgan fingerprint density at radius 1 is 1.30 bits per heavy atom. The van der Waals surface area contributed by atoms with Crippen LogP contribution < -0.4 is 5.32 Å². The fourth-order valence-corrected chi connectivity index (χ4v) is 3.65. The van der Waals surface area contributed by atoms with Gasteiger partial charge < -0.3 is 14.6 Å². The first-order valence-corrected chi connectivity index (χ1v) is 10.5. The maximum absolute atomic E-state index is 11.9. The molecule has 0 aliphatic carbocycles. The van der Waals surface area contributed by atoms with Gasteiger partial charge in [-0.2, -0.15) is 0 Å². The molecule has 0 radical (unpaired) electrons. The molecule has 1 N–H and O–H groups in total. The number of imidazole rings is 1. The number of amides is 1. The van der Waals surface area contributed by atoms with E-state index in [9.17, 15) is 4.79 Å². The zero-order valence-electron chi connectivity index (χ0n) is 16.7. The molecule has 2 heterocycles. The molecule has 1 aliphatic heterocycles. The average molecular weight is 372 g/mol. The highest BCUT2D eigenvalue weighted by atomic mass is 16.5. The lowest BCUT2D eigenvalue weighted by Gasteiger charge is -2.12. The minimum atomic E-state index is -0.217. The molecule has 1 aromatic heterocycles. The molecule has 1 aliphatic rings. The van der Waals surface area contributed by atoms with E-state index in [2.05, 4.69) is 48.0 Å². The number of hydrogen-bond donors (Lipinski definition) is 1. The van der Waals surface area contributed by atoms with E-state index in [4.69, 9.17) is 9.72 Å². The van der Waals surface area contributed by atoms with E-state index < -0.39 is 0 Å². The third-order valence-corrected chi connectivity index (χ3v) is 5.26. The molecule has 0 saturated carbocycles. The Kier molecular flexibility index (Phi) is 7.27. The largest absolute Gasteiger partial charge is 0.368 e. The molecular weight excluding hydrogens is 338 g/mol. The normalized spacial score (nSPS) is 17.1. The Morgan fingerprint density at radius 2 is 2.15 bits per heavy atom. The van der Waals surface area contributed by atoms with Crippen LogP contribution in [0.1, 0.15) is 58.2 Å². The van der Waals surface area contributed by atoms with Crippen molar-refractivity contribution in [1.82, 2.24) is 14.9 Å². The molecule has 0 bridgehead atoms. The van der Waals surface area contributed by atoms with Crippen molar-refractivity contribution >= 4 is 16.9 Å². The number of fused-ring (bicyclic) bond motifs is 1. The second-order valence-electron chi connectivity index (χ2n) is 7.95. The molecule has 5 nitrogen and oxygen atoms in total. The summed E-state index contributed by atoms with van der Waals surface area (Å²) in [7, 11) is 0. The molecule has 27 heavy (non-hydrogen) atoms. The zero-order chi connectivity index (χ0) is 19.1. The van der Waals surface area contributed by atoms with Crippen molar-refractivity contribution in [3.05, 3.63) is 30.1 Å². The Morgan fingerprint density at radius 3 is 2.93 bits per heavy atom. The number of ether oxygens (including phenoxy) is 1. The fraction of sp³-hybridized carbons (Fsp3) is 0.636.